The Balaban J connectivity index is 0. The number of carbonyl (C=O) groups is 1. The Morgan fingerprint density at radius 3 is 2.10 bits per heavy atom. The Kier molecular flexibility index (Phi) is 7.18. The van der Waals surface area contributed by atoms with Crippen molar-refractivity contribution in [1.29, 1.82) is 0 Å². The molecular formula is C2H3NaO5S2. The summed E-state index contributed by atoms with van der Waals surface area (Å²) in [5.41, 5.74) is 0. The van der Waals surface area contributed by atoms with Gasteiger partial charge in [0, 0.05) is 0 Å². The molecule has 0 aliphatic carbocycles. The number of hydrogen-bond acceptors (Lipinski definition) is 5. The third-order valence-electron chi connectivity index (χ3n) is 0.327. The molecule has 0 saturated heterocycles. The van der Waals surface area contributed by atoms with Crippen LogP contribution in [0.4, 0.5) is 0 Å². The van der Waals surface area contributed by atoms with E-state index >= 15 is 0 Å². The first-order valence-corrected chi connectivity index (χ1v) is 4.65. The number of carboxylic acids is 1. The number of rotatable bonds is 3. The van der Waals surface area contributed by atoms with Crippen LogP contribution in [0.1, 0.15) is 0 Å². The standard InChI is InChI=1S/C2H4O5S2.Na/c3-2(4)1-8-9(5,6)7;/h1H2,(H,3,4)(H,5,6,7);/q;+1/p-1. The first kappa shape index (κ1) is 13.3. The van der Waals surface area contributed by atoms with Gasteiger partial charge >= 0.3 is 35.5 Å². The molecule has 0 aromatic rings. The van der Waals surface area contributed by atoms with Crippen molar-refractivity contribution in [3.05, 3.63) is 0 Å². The number of hydrogen-bond donors (Lipinski definition) is 1. The van der Waals surface area contributed by atoms with Crippen molar-refractivity contribution in [2.24, 2.45) is 0 Å². The summed E-state index contributed by atoms with van der Waals surface area (Å²) in [7, 11) is -4.57. The molecule has 0 amide bonds. The van der Waals surface area contributed by atoms with E-state index in [2.05, 4.69) is 0 Å². The molecule has 0 aliphatic rings. The molecule has 0 heterocycles. The minimum absolute atomic E-state index is 0. The maximum atomic E-state index is 9.68. The molecule has 5 nitrogen and oxygen atoms in total. The van der Waals surface area contributed by atoms with Gasteiger partial charge in [-0.05, 0) is 10.8 Å². The van der Waals surface area contributed by atoms with Crippen LogP contribution < -0.4 is 29.6 Å². The Hall–Kier alpha value is 0.730. The molecule has 0 aromatic heterocycles. The normalized spacial score (nSPS) is 10.1. The molecule has 10 heavy (non-hydrogen) atoms. The summed E-state index contributed by atoms with van der Waals surface area (Å²) < 4.78 is 29.0. The first-order chi connectivity index (χ1) is 3.92. The number of carboxylic acid groups (broad SMARTS) is 1. The van der Waals surface area contributed by atoms with Crippen molar-refractivity contribution in [1.82, 2.24) is 0 Å². The van der Waals surface area contributed by atoms with E-state index < -0.39 is 20.9 Å². The quantitative estimate of drug-likeness (QED) is 0.282. The molecule has 1 N–H and O–H groups in total. The van der Waals surface area contributed by atoms with Gasteiger partial charge in [0.25, 0.3) is 0 Å². The second kappa shape index (κ2) is 5.39. The molecule has 0 bridgehead atoms. The molecule has 54 valence electrons. The molecule has 0 aromatic carbocycles. The van der Waals surface area contributed by atoms with Crippen LogP contribution in [-0.4, -0.2) is 29.8 Å². The summed E-state index contributed by atoms with van der Waals surface area (Å²) in [6.45, 7) is 0. The van der Waals surface area contributed by atoms with Crippen LogP contribution in [0.5, 0.6) is 0 Å². The van der Waals surface area contributed by atoms with Crippen LogP contribution in [0.15, 0.2) is 0 Å². The van der Waals surface area contributed by atoms with Gasteiger partial charge in [0.05, 0.1) is 0 Å². The van der Waals surface area contributed by atoms with Crippen molar-refractivity contribution in [2.75, 3.05) is 5.75 Å². The van der Waals surface area contributed by atoms with Gasteiger partial charge in [-0.15, -0.1) is 0 Å². The van der Waals surface area contributed by atoms with E-state index in [1.807, 2.05) is 0 Å². The molecule has 0 rings (SSSR count). The van der Waals surface area contributed by atoms with Crippen molar-refractivity contribution in [3.63, 3.8) is 0 Å². The van der Waals surface area contributed by atoms with Crippen LogP contribution in [0, 0.1) is 0 Å². The fraction of sp³-hybridized carbons (Fsp3) is 0.500. The van der Waals surface area contributed by atoms with Crippen molar-refractivity contribution in [2.45, 2.75) is 0 Å². The molecule has 0 radical (unpaired) electrons. The topological polar surface area (TPSA) is 94.5 Å². The predicted octanol–water partition coefficient (Wildman–Crippen LogP) is -3.73. The predicted molar refractivity (Wildman–Crippen MR) is 29.8 cm³/mol. The van der Waals surface area contributed by atoms with Gasteiger partial charge in [-0.2, -0.15) is 0 Å². The maximum Gasteiger partial charge on any atom is 1.00 e. The van der Waals surface area contributed by atoms with Crippen LogP contribution >= 0.6 is 10.8 Å². The van der Waals surface area contributed by atoms with E-state index in [0.29, 0.717) is 0 Å². The van der Waals surface area contributed by atoms with Crippen LogP contribution in [0.25, 0.3) is 0 Å². The summed E-state index contributed by atoms with van der Waals surface area (Å²) in [4.78, 5) is 9.62. The van der Waals surface area contributed by atoms with Gasteiger partial charge in [0.2, 0.25) is 0 Å². The Bertz CT molecular complexity index is 196. The first-order valence-electron chi connectivity index (χ1n) is 1.74. The second-order valence-electron chi connectivity index (χ2n) is 1.06. The molecule has 0 spiro atoms. The zero-order chi connectivity index (χ0) is 7.49. The summed E-state index contributed by atoms with van der Waals surface area (Å²) in [5.74, 6) is -2.02. The van der Waals surface area contributed by atoms with E-state index in [1.165, 1.54) is 0 Å². The van der Waals surface area contributed by atoms with Gasteiger partial charge in [0.1, 0.15) is 14.9 Å². The van der Waals surface area contributed by atoms with E-state index in [0.717, 1.165) is 0 Å². The summed E-state index contributed by atoms with van der Waals surface area (Å²) in [6.07, 6.45) is 0. The molecule has 0 fully saturated rings. The van der Waals surface area contributed by atoms with Gasteiger partial charge in [0.15, 0.2) is 0 Å². The summed E-state index contributed by atoms with van der Waals surface area (Å²) >= 11 is 0. The molecule has 0 unspecified atom stereocenters. The minimum Gasteiger partial charge on any atom is -0.739 e. The van der Waals surface area contributed by atoms with E-state index in [4.69, 9.17) is 5.11 Å². The fourth-order valence-corrected chi connectivity index (χ4v) is 1.10. The van der Waals surface area contributed by atoms with Crippen molar-refractivity contribution < 1.29 is 52.4 Å². The zero-order valence-corrected chi connectivity index (χ0v) is 8.74. The average Bonchev–Trinajstić information content (AvgIpc) is 1.59. The molecule has 0 aliphatic heterocycles. The zero-order valence-electron chi connectivity index (χ0n) is 5.10. The summed E-state index contributed by atoms with van der Waals surface area (Å²) in [6, 6.07) is 0. The minimum atomic E-state index is -4.43. The SMILES string of the molecule is O=C(O)CSS(=O)(=O)[O-].[Na+]. The van der Waals surface area contributed by atoms with E-state index in [9.17, 15) is 17.8 Å². The van der Waals surface area contributed by atoms with E-state index in [-0.39, 0.29) is 40.4 Å². The molecular weight excluding hydrogens is 191 g/mol. The molecule has 8 heteroatoms. The van der Waals surface area contributed by atoms with Crippen molar-refractivity contribution in [3.8, 4) is 0 Å². The summed E-state index contributed by atoms with van der Waals surface area (Å²) in [5, 5.41) is 7.85. The Labute approximate surface area is 83.6 Å². The Morgan fingerprint density at radius 1 is 1.60 bits per heavy atom. The van der Waals surface area contributed by atoms with Gasteiger partial charge in [-0.25, -0.2) is 8.42 Å². The average molecular weight is 194 g/mol. The van der Waals surface area contributed by atoms with Crippen LogP contribution in [-0.2, 0) is 13.9 Å². The third kappa shape index (κ3) is 11.5. The smallest absolute Gasteiger partial charge is 0.739 e. The number of aliphatic carboxylic acids is 1. The van der Waals surface area contributed by atoms with Gasteiger partial charge < -0.3 is 9.66 Å². The van der Waals surface area contributed by atoms with Gasteiger partial charge in [-0.3, -0.25) is 4.79 Å². The van der Waals surface area contributed by atoms with Crippen LogP contribution in [0.3, 0.4) is 0 Å². The van der Waals surface area contributed by atoms with Crippen LogP contribution in [0.2, 0.25) is 0 Å². The monoisotopic (exact) mass is 194 g/mol. The van der Waals surface area contributed by atoms with Gasteiger partial charge in [-0.1, -0.05) is 0 Å². The maximum absolute atomic E-state index is 9.68. The molecule has 0 atom stereocenters. The fourth-order valence-electron chi connectivity index (χ4n) is 0.123. The Morgan fingerprint density at radius 2 is 2.00 bits per heavy atom. The van der Waals surface area contributed by atoms with Crippen molar-refractivity contribution >= 4 is 25.9 Å². The third-order valence-corrected chi connectivity index (χ3v) is 2.20. The second-order valence-corrected chi connectivity index (χ2v) is 4.34. The molecule has 0 saturated carbocycles. The largest absolute Gasteiger partial charge is 1.00 e. The van der Waals surface area contributed by atoms with E-state index in [1.54, 1.807) is 0 Å².